The van der Waals surface area contributed by atoms with Gasteiger partial charge in [0.1, 0.15) is 6.04 Å². The Morgan fingerprint density at radius 3 is 2.71 bits per heavy atom. The summed E-state index contributed by atoms with van der Waals surface area (Å²) in [5, 5.41) is 15.8. The van der Waals surface area contributed by atoms with Gasteiger partial charge in [0.2, 0.25) is 11.8 Å². The zero-order valence-corrected chi connectivity index (χ0v) is 18.6. The van der Waals surface area contributed by atoms with Gasteiger partial charge in [-0.25, -0.2) is 5.26 Å². The summed E-state index contributed by atoms with van der Waals surface area (Å²) in [7, 11) is 0. The van der Waals surface area contributed by atoms with Crippen molar-refractivity contribution in [3.8, 4) is 17.8 Å². The highest BCUT2D eigenvalue weighted by molar-refractivity contribution is 6.70. The number of hydrogen-bond donors (Lipinski definition) is 1. The maximum Gasteiger partial charge on any atom is 0.268 e. The third kappa shape index (κ3) is 3.40. The highest BCUT2D eigenvalue weighted by Crippen LogP contribution is 2.60. The van der Waals surface area contributed by atoms with Crippen molar-refractivity contribution in [1.29, 1.82) is 5.26 Å². The molecular weight excluding hydrogens is 429 g/mol. The van der Waals surface area contributed by atoms with E-state index in [2.05, 4.69) is 28.2 Å². The van der Waals surface area contributed by atoms with E-state index in [1.807, 2.05) is 23.0 Å². The molecule has 1 saturated carbocycles. The number of nitrogens with zero attached hydrogens (tertiary/aromatic N) is 4. The maximum absolute atomic E-state index is 12.8. The van der Waals surface area contributed by atoms with Gasteiger partial charge < -0.3 is 4.90 Å². The van der Waals surface area contributed by atoms with Crippen LogP contribution >= 0.6 is 0 Å². The number of carbonyl (C=O) groups excluding carboxylic acids is 3. The number of aromatic nitrogens is 2. The molecule has 4 aliphatic rings. The molecule has 4 heterocycles. The third-order valence-corrected chi connectivity index (χ3v) is 7.73. The lowest BCUT2D eigenvalue weighted by Gasteiger charge is -2.55. The lowest BCUT2D eigenvalue weighted by Crippen LogP contribution is -2.52. The Bertz CT molecular complexity index is 1330. The highest BCUT2D eigenvalue weighted by Gasteiger charge is 2.55. The Kier molecular flexibility index (Phi) is 4.63. The molecule has 2 aromatic rings. The molecule has 8 nitrogen and oxygen atoms in total. The smallest absolute Gasteiger partial charge is 0.268 e. The lowest BCUT2D eigenvalue weighted by molar-refractivity contribution is -0.136. The van der Waals surface area contributed by atoms with Gasteiger partial charge in [-0.15, -0.1) is 0 Å². The fourth-order valence-corrected chi connectivity index (χ4v) is 5.94. The monoisotopic (exact) mass is 451 g/mol. The molecule has 3 aliphatic heterocycles. The number of benzene rings is 1. The quantitative estimate of drug-likeness (QED) is 0.427. The van der Waals surface area contributed by atoms with Gasteiger partial charge in [0.15, 0.2) is 0 Å². The fourth-order valence-electron chi connectivity index (χ4n) is 5.94. The van der Waals surface area contributed by atoms with Crippen LogP contribution in [0.3, 0.4) is 0 Å². The second kappa shape index (κ2) is 7.60. The molecule has 1 unspecified atom stereocenters. The SMILES string of the molecule is N#CB1CC2(C1)CC(n1cc(C#Cc3ccc4c(c3)CN(C3CCC(=O)NC3=O)C4=O)cn1)C2. The molecule has 1 aromatic heterocycles. The van der Waals surface area contributed by atoms with E-state index in [1.165, 1.54) is 0 Å². The summed E-state index contributed by atoms with van der Waals surface area (Å²) >= 11 is 0. The van der Waals surface area contributed by atoms with Crippen LogP contribution in [0, 0.1) is 28.5 Å². The molecule has 34 heavy (non-hydrogen) atoms. The number of rotatable bonds is 2. The molecule has 3 fully saturated rings. The first-order valence-electron chi connectivity index (χ1n) is 11.7. The normalized spacial score (nSPS) is 22.9. The zero-order valence-electron chi connectivity index (χ0n) is 18.6. The van der Waals surface area contributed by atoms with Gasteiger partial charge in [-0.05, 0) is 48.4 Å². The largest absolute Gasteiger partial charge is 0.322 e. The van der Waals surface area contributed by atoms with E-state index in [4.69, 9.17) is 5.26 Å². The Balaban J connectivity index is 1.12. The van der Waals surface area contributed by atoms with Crippen LogP contribution in [0.4, 0.5) is 0 Å². The minimum absolute atomic E-state index is 0.184. The summed E-state index contributed by atoms with van der Waals surface area (Å²) < 4.78 is 1.99. The van der Waals surface area contributed by atoms with Crippen molar-refractivity contribution in [3.63, 3.8) is 0 Å². The first kappa shape index (κ1) is 20.7. The van der Waals surface area contributed by atoms with Crippen molar-refractivity contribution in [2.75, 3.05) is 0 Å². The number of nitrogens with one attached hydrogen (secondary N) is 1. The van der Waals surface area contributed by atoms with Crippen LogP contribution in [0.2, 0.25) is 12.6 Å². The van der Waals surface area contributed by atoms with Crippen LogP contribution in [-0.4, -0.2) is 45.2 Å². The number of nitriles is 1. The summed E-state index contributed by atoms with van der Waals surface area (Å²) in [6.45, 7) is 0.572. The molecule has 1 atom stereocenters. The van der Waals surface area contributed by atoms with E-state index in [0.717, 1.165) is 42.2 Å². The highest BCUT2D eigenvalue weighted by atomic mass is 16.2. The number of fused-ring (bicyclic) bond motifs is 1. The van der Waals surface area contributed by atoms with Gasteiger partial charge in [0, 0.05) is 36.3 Å². The Morgan fingerprint density at radius 1 is 1.15 bits per heavy atom. The minimum Gasteiger partial charge on any atom is -0.322 e. The van der Waals surface area contributed by atoms with Gasteiger partial charge >= 0.3 is 0 Å². The Morgan fingerprint density at radius 2 is 1.94 bits per heavy atom. The first-order valence-corrected chi connectivity index (χ1v) is 11.7. The lowest BCUT2D eigenvalue weighted by atomic mass is 9.23. The van der Waals surface area contributed by atoms with Crippen molar-refractivity contribution < 1.29 is 14.4 Å². The van der Waals surface area contributed by atoms with Crippen molar-refractivity contribution in [1.82, 2.24) is 20.0 Å². The molecular formula is C25H22BN5O3. The fraction of sp³-hybridized carbons (Fsp3) is 0.400. The van der Waals surface area contributed by atoms with Gasteiger partial charge in [0.05, 0.1) is 17.8 Å². The van der Waals surface area contributed by atoms with Crippen molar-refractivity contribution in [3.05, 3.63) is 52.8 Å². The standard InChI is InChI=1S/C25H22BN5O3/c27-15-26-13-25(14-26)8-19(9-25)31-11-17(10-28-31)2-1-16-3-4-20-18(7-16)12-30(24(20)34)21-5-6-22(32)29-23(21)33/h3-4,7,10-11,19,21H,5-6,8-9,12-14H2,(H,29,32,33). The molecule has 1 aromatic carbocycles. The van der Waals surface area contributed by atoms with Crippen molar-refractivity contribution in [2.24, 2.45) is 5.41 Å². The topological polar surface area (TPSA) is 108 Å². The molecule has 9 heteroatoms. The van der Waals surface area contributed by atoms with E-state index in [-0.39, 0.29) is 24.9 Å². The molecule has 168 valence electrons. The van der Waals surface area contributed by atoms with E-state index in [9.17, 15) is 14.4 Å². The summed E-state index contributed by atoms with van der Waals surface area (Å²) in [5.41, 5.74) is 3.42. The van der Waals surface area contributed by atoms with Crippen molar-refractivity contribution in [2.45, 2.75) is 57.0 Å². The average molecular weight is 451 g/mol. The summed E-state index contributed by atoms with van der Waals surface area (Å²) in [6, 6.07) is 5.25. The summed E-state index contributed by atoms with van der Waals surface area (Å²) in [4.78, 5) is 38.0. The number of amides is 3. The zero-order chi connectivity index (χ0) is 23.4. The van der Waals surface area contributed by atoms with Gasteiger partial charge in [-0.2, -0.15) is 5.10 Å². The Hall–Kier alpha value is -3.85. The van der Waals surface area contributed by atoms with Gasteiger partial charge in [-0.1, -0.05) is 24.5 Å². The van der Waals surface area contributed by atoms with E-state index in [1.54, 1.807) is 17.2 Å². The molecule has 1 N–H and O–H groups in total. The average Bonchev–Trinajstić information content (AvgIpc) is 3.35. The predicted octanol–water partition coefficient (Wildman–Crippen LogP) is 1.94. The number of imide groups is 1. The van der Waals surface area contributed by atoms with Crippen LogP contribution in [0.1, 0.15) is 58.8 Å². The molecule has 0 bridgehead atoms. The predicted molar refractivity (Wildman–Crippen MR) is 122 cm³/mol. The van der Waals surface area contributed by atoms with Gasteiger partial charge in [-0.3, -0.25) is 24.4 Å². The summed E-state index contributed by atoms with van der Waals surface area (Å²) in [5.74, 6) is 7.80. The van der Waals surface area contributed by atoms with Crippen LogP contribution in [-0.2, 0) is 16.1 Å². The number of carbonyl (C=O) groups is 3. The molecule has 1 aliphatic carbocycles. The molecule has 6 rings (SSSR count). The number of piperidine rings is 1. The third-order valence-electron chi connectivity index (χ3n) is 7.73. The molecule has 2 saturated heterocycles. The van der Waals surface area contributed by atoms with Crippen LogP contribution < -0.4 is 5.32 Å². The molecule has 3 amide bonds. The Labute approximate surface area is 197 Å². The molecule has 1 spiro atoms. The second-order valence-electron chi connectivity index (χ2n) is 10.0. The minimum atomic E-state index is -0.616. The van der Waals surface area contributed by atoms with E-state index < -0.39 is 11.9 Å². The van der Waals surface area contributed by atoms with Crippen molar-refractivity contribution >= 4 is 24.4 Å². The number of hydrogen-bond acceptors (Lipinski definition) is 5. The maximum atomic E-state index is 12.8. The molecule has 0 radical (unpaired) electrons. The van der Waals surface area contributed by atoms with Crippen LogP contribution in [0.5, 0.6) is 0 Å². The van der Waals surface area contributed by atoms with E-state index in [0.29, 0.717) is 30.0 Å². The van der Waals surface area contributed by atoms with E-state index >= 15 is 0 Å². The first-order chi connectivity index (χ1) is 16.4. The van der Waals surface area contributed by atoms with Gasteiger partial charge in [0.25, 0.3) is 12.6 Å². The van der Waals surface area contributed by atoms with Crippen LogP contribution in [0.15, 0.2) is 30.6 Å². The second-order valence-corrected chi connectivity index (χ2v) is 10.0. The van der Waals surface area contributed by atoms with Crippen LogP contribution in [0.25, 0.3) is 0 Å². The summed E-state index contributed by atoms with van der Waals surface area (Å²) in [6.07, 6.45) is 8.56.